The number of para-hydroxylation sites is 3. The van der Waals surface area contributed by atoms with Crippen LogP contribution >= 0.6 is 0 Å². The first-order chi connectivity index (χ1) is 32.7. The summed E-state index contributed by atoms with van der Waals surface area (Å²) in [7, 11) is 0. The van der Waals surface area contributed by atoms with Crippen LogP contribution in [0.3, 0.4) is 0 Å². The average Bonchev–Trinajstić information content (AvgIpc) is 3.94. The Morgan fingerprint density at radius 3 is 1.53 bits per heavy atom. The molecule has 13 rings (SSSR count). The van der Waals surface area contributed by atoms with E-state index in [0.29, 0.717) is 0 Å². The van der Waals surface area contributed by atoms with E-state index in [0.717, 1.165) is 100 Å². The predicted octanol–water partition coefficient (Wildman–Crippen LogP) is 16.2. The summed E-state index contributed by atoms with van der Waals surface area (Å²) in [6, 6.07) is 87.0. The molecule has 0 saturated carbocycles. The van der Waals surface area contributed by atoms with E-state index in [2.05, 4.69) is 252 Å². The molecule has 10 aromatic carbocycles. The van der Waals surface area contributed by atoms with Crippen molar-refractivity contribution in [3.63, 3.8) is 0 Å². The molecule has 4 nitrogen and oxygen atoms in total. The van der Waals surface area contributed by atoms with E-state index in [-0.39, 0.29) is 0 Å². The lowest BCUT2D eigenvalue weighted by Crippen LogP contribution is -1.99. The van der Waals surface area contributed by atoms with Gasteiger partial charge in [0.1, 0.15) is 5.82 Å². The van der Waals surface area contributed by atoms with Crippen LogP contribution in [0.4, 0.5) is 0 Å². The minimum Gasteiger partial charge on any atom is -0.309 e. The molecule has 66 heavy (non-hydrogen) atoms. The molecule has 0 N–H and O–H groups in total. The van der Waals surface area contributed by atoms with Gasteiger partial charge in [-0.15, -0.1) is 0 Å². The Hall–Kier alpha value is -8.86. The largest absolute Gasteiger partial charge is 0.309 e. The van der Waals surface area contributed by atoms with Crippen molar-refractivity contribution in [2.75, 3.05) is 0 Å². The molecule has 13 aromatic rings. The maximum absolute atomic E-state index is 5.42. The SMILES string of the molecule is c1ccc(-c2cc(-c3ccccc3)cc(-n3c(-c4cccc(-c5ccc6c(c5)c5cc7nc(-c8ccccc8)c8ccccc8c7cc5n6-c5ccccc5)c4)nc4ccccc43)c2)cc1. The third-order valence-electron chi connectivity index (χ3n) is 13.1. The molecule has 0 bridgehead atoms. The number of aromatic nitrogens is 4. The van der Waals surface area contributed by atoms with E-state index in [1.54, 1.807) is 0 Å². The number of hydrogen-bond acceptors (Lipinski definition) is 2. The molecule has 0 radical (unpaired) electrons. The van der Waals surface area contributed by atoms with Crippen LogP contribution in [0, 0.1) is 0 Å². The first kappa shape index (κ1) is 37.7. The second-order valence-corrected chi connectivity index (χ2v) is 17.0. The van der Waals surface area contributed by atoms with Crippen molar-refractivity contribution in [3.8, 4) is 67.4 Å². The fraction of sp³-hybridized carbons (Fsp3) is 0. The molecule has 308 valence electrons. The zero-order valence-electron chi connectivity index (χ0n) is 35.9. The summed E-state index contributed by atoms with van der Waals surface area (Å²) in [6.45, 7) is 0. The third-order valence-corrected chi connectivity index (χ3v) is 13.1. The zero-order valence-corrected chi connectivity index (χ0v) is 35.9. The Balaban J connectivity index is 1.00. The summed E-state index contributed by atoms with van der Waals surface area (Å²) in [5, 5.41) is 5.82. The highest BCUT2D eigenvalue weighted by Gasteiger charge is 2.20. The van der Waals surface area contributed by atoms with Gasteiger partial charge in [-0.2, -0.15) is 0 Å². The summed E-state index contributed by atoms with van der Waals surface area (Å²) < 4.78 is 4.73. The molecule has 0 aliphatic rings. The number of benzene rings is 10. The number of imidazole rings is 1. The summed E-state index contributed by atoms with van der Waals surface area (Å²) >= 11 is 0. The van der Waals surface area contributed by atoms with E-state index < -0.39 is 0 Å². The maximum Gasteiger partial charge on any atom is 0.145 e. The highest BCUT2D eigenvalue weighted by molar-refractivity contribution is 6.19. The van der Waals surface area contributed by atoms with E-state index in [4.69, 9.17) is 9.97 Å². The van der Waals surface area contributed by atoms with Crippen LogP contribution in [0.1, 0.15) is 0 Å². The summed E-state index contributed by atoms with van der Waals surface area (Å²) in [4.78, 5) is 10.8. The van der Waals surface area contributed by atoms with E-state index >= 15 is 0 Å². The van der Waals surface area contributed by atoms with Gasteiger partial charge in [0.25, 0.3) is 0 Å². The number of hydrogen-bond donors (Lipinski definition) is 0. The molecular formula is C62H40N4. The lowest BCUT2D eigenvalue weighted by Gasteiger charge is -2.15. The Morgan fingerprint density at radius 2 is 0.803 bits per heavy atom. The smallest absolute Gasteiger partial charge is 0.145 e. The van der Waals surface area contributed by atoms with Crippen molar-refractivity contribution >= 4 is 54.5 Å². The zero-order chi connectivity index (χ0) is 43.6. The molecular weight excluding hydrogens is 801 g/mol. The van der Waals surface area contributed by atoms with Crippen LogP contribution < -0.4 is 0 Å². The van der Waals surface area contributed by atoms with Crippen molar-refractivity contribution in [2.24, 2.45) is 0 Å². The summed E-state index contributed by atoms with van der Waals surface area (Å²) in [6.07, 6.45) is 0. The van der Waals surface area contributed by atoms with Crippen molar-refractivity contribution in [1.82, 2.24) is 19.1 Å². The van der Waals surface area contributed by atoms with Crippen molar-refractivity contribution < 1.29 is 0 Å². The second kappa shape index (κ2) is 15.4. The quantitative estimate of drug-likeness (QED) is 0.150. The summed E-state index contributed by atoms with van der Waals surface area (Å²) in [5.41, 5.74) is 17.5. The molecule has 0 fully saturated rings. The van der Waals surface area contributed by atoms with E-state index in [1.165, 1.54) is 21.9 Å². The van der Waals surface area contributed by atoms with Gasteiger partial charge in [0.2, 0.25) is 0 Å². The van der Waals surface area contributed by atoms with Gasteiger partial charge in [0, 0.05) is 44.0 Å². The Bertz CT molecular complexity index is 3910. The van der Waals surface area contributed by atoms with Crippen LogP contribution in [-0.2, 0) is 0 Å². The highest BCUT2D eigenvalue weighted by Crippen LogP contribution is 2.41. The molecule has 0 spiro atoms. The van der Waals surface area contributed by atoms with Crippen LogP contribution in [-0.4, -0.2) is 19.1 Å². The van der Waals surface area contributed by atoms with Crippen molar-refractivity contribution in [1.29, 1.82) is 0 Å². The Morgan fingerprint density at radius 1 is 0.242 bits per heavy atom. The van der Waals surface area contributed by atoms with Gasteiger partial charge in [-0.25, -0.2) is 9.97 Å². The standard InChI is InChI=1S/C62H40N4/c1-5-18-41(19-6-1)47-35-48(42-20-7-2-8-21-42)37-50(36-47)66-59-31-16-15-30-56(59)64-62(66)46-25-17-24-44(34-46)45-32-33-58-54(38-45)55-39-57-53(40-60(55)65(58)49-26-11-4-12-27-49)51-28-13-14-29-52(51)61(63-57)43-22-9-3-10-23-43/h1-40H. The van der Waals surface area contributed by atoms with Crippen molar-refractivity contribution in [2.45, 2.75) is 0 Å². The van der Waals surface area contributed by atoms with Crippen LogP contribution in [0.5, 0.6) is 0 Å². The van der Waals surface area contributed by atoms with E-state index in [9.17, 15) is 0 Å². The fourth-order valence-corrected chi connectivity index (χ4v) is 9.97. The number of nitrogens with zero attached hydrogens (tertiary/aromatic N) is 4. The average molecular weight is 841 g/mol. The molecule has 0 unspecified atom stereocenters. The minimum atomic E-state index is 0.892. The minimum absolute atomic E-state index is 0.892. The van der Waals surface area contributed by atoms with Crippen LogP contribution in [0.2, 0.25) is 0 Å². The second-order valence-electron chi connectivity index (χ2n) is 17.0. The highest BCUT2D eigenvalue weighted by atomic mass is 15.1. The number of fused-ring (bicyclic) bond motifs is 7. The van der Waals surface area contributed by atoms with Gasteiger partial charge in [-0.1, -0.05) is 170 Å². The van der Waals surface area contributed by atoms with E-state index in [1.807, 2.05) is 0 Å². The maximum atomic E-state index is 5.42. The molecule has 3 heterocycles. The lowest BCUT2D eigenvalue weighted by molar-refractivity contribution is 1.10. The first-order valence-electron chi connectivity index (χ1n) is 22.5. The van der Waals surface area contributed by atoms with Crippen LogP contribution in [0.25, 0.3) is 122 Å². The van der Waals surface area contributed by atoms with Crippen molar-refractivity contribution in [3.05, 3.63) is 243 Å². The van der Waals surface area contributed by atoms with Gasteiger partial charge in [-0.05, 0) is 112 Å². The number of rotatable bonds is 7. The molecule has 0 atom stereocenters. The molecule has 0 aliphatic carbocycles. The predicted molar refractivity (Wildman–Crippen MR) is 275 cm³/mol. The van der Waals surface area contributed by atoms with Crippen LogP contribution in [0.15, 0.2) is 243 Å². The molecule has 3 aromatic heterocycles. The lowest BCUT2D eigenvalue weighted by atomic mass is 9.97. The van der Waals surface area contributed by atoms with Gasteiger partial charge in [0.05, 0.1) is 33.3 Å². The Kier molecular flexibility index (Phi) is 8.81. The molecule has 0 amide bonds. The molecule has 0 saturated heterocycles. The normalized spacial score (nSPS) is 11.6. The molecule has 0 aliphatic heterocycles. The Labute approximate surface area is 382 Å². The van der Waals surface area contributed by atoms with Gasteiger partial charge in [0.15, 0.2) is 0 Å². The van der Waals surface area contributed by atoms with Gasteiger partial charge < -0.3 is 4.57 Å². The van der Waals surface area contributed by atoms with Gasteiger partial charge >= 0.3 is 0 Å². The van der Waals surface area contributed by atoms with Gasteiger partial charge in [-0.3, -0.25) is 4.57 Å². The first-order valence-corrected chi connectivity index (χ1v) is 22.5. The summed E-state index contributed by atoms with van der Waals surface area (Å²) in [5.74, 6) is 0.892. The monoisotopic (exact) mass is 840 g/mol. The topological polar surface area (TPSA) is 35.6 Å². The number of pyridine rings is 1. The third kappa shape index (κ3) is 6.30. The molecule has 4 heteroatoms. The fourth-order valence-electron chi connectivity index (χ4n) is 9.97.